The summed E-state index contributed by atoms with van der Waals surface area (Å²) in [5.41, 5.74) is -1.84. The van der Waals surface area contributed by atoms with Crippen LogP contribution in [0.3, 0.4) is 0 Å². The summed E-state index contributed by atoms with van der Waals surface area (Å²) in [6, 6.07) is 0. The highest BCUT2D eigenvalue weighted by molar-refractivity contribution is 7.70. The Hall–Kier alpha value is 0.190. The van der Waals surface area contributed by atoms with Gasteiger partial charge in [-0.05, 0) is 13.3 Å². The third-order valence-corrected chi connectivity index (χ3v) is 7.43. The van der Waals surface area contributed by atoms with Crippen molar-refractivity contribution < 1.29 is 43.1 Å². The molecule has 0 amide bonds. The van der Waals surface area contributed by atoms with Crippen LogP contribution in [0, 0.1) is 0 Å². The first kappa shape index (κ1) is 18.2. The first-order chi connectivity index (χ1) is 7.67. The van der Waals surface area contributed by atoms with Crippen molar-refractivity contribution in [3.05, 3.63) is 12.2 Å². The Morgan fingerprint density at radius 2 is 1.28 bits per heavy atom. The molecule has 0 saturated carbocycles. The zero-order valence-corrected chi connectivity index (χ0v) is 12.0. The zero-order valence-electron chi connectivity index (χ0n) is 9.32. The fourth-order valence-corrected chi connectivity index (χ4v) is 5.23. The smallest absolute Gasteiger partial charge is 0.324 e. The minimum absolute atomic E-state index is 0.116. The van der Waals surface area contributed by atoms with E-state index < -0.39 is 40.3 Å². The quantitative estimate of drug-likeness (QED) is 0.294. The van der Waals surface area contributed by atoms with Crippen molar-refractivity contribution >= 4 is 22.8 Å². The minimum atomic E-state index is -5.21. The average Bonchev–Trinajstić information content (AvgIpc) is 1.94. The molecule has 0 heterocycles. The number of hydrogen-bond acceptors (Lipinski definition) is 3. The summed E-state index contributed by atoms with van der Waals surface area (Å²) in [6.45, 7) is 4.44. The molecule has 0 aromatic rings. The van der Waals surface area contributed by atoms with Crippen LogP contribution in [0.1, 0.15) is 13.3 Å². The Labute approximate surface area is 103 Å². The molecule has 108 valence electrons. The molecule has 0 bridgehead atoms. The second-order valence-corrected chi connectivity index (χ2v) is 9.66. The molecule has 0 radical (unpaired) electrons. The maximum Gasteiger partial charge on any atom is 0.340 e. The molecule has 1 atom stereocenters. The lowest BCUT2D eigenvalue weighted by molar-refractivity contribution is 0.331. The van der Waals surface area contributed by atoms with Gasteiger partial charge in [-0.1, -0.05) is 12.2 Å². The molecule has 0 aliphatic rings. The van der Waals surface area contributed by atoms with E-state index in [9.17, 15) is 13.7 Å². The van der Waals surface area contributed by atoms with Crippen LogP contribution in [0.2, 0.25) is 0 Å². The van der Waals surface area contributed by atoms with Gasteiger partial charge in [-0.3, -0.25) is 13.7 Å². The average molecular weight is 324 g/mol. The molecule has 12 heteroatoms. The van der Waals surface area contributed by atoms with E-state index in [1.807, 2.05) is 0 Å². The molecule has 0 aromatic carbocycles. The fraction of sp³-hybridized carbons (Fsp3) is 0.667. The largest absolute Gasteiger partial charge is 0.340 e. The molecule has 0 aromatic heterocycles. The molecule has 0 aliphatic carbocycles. The molecule has 0 rings (SSSR count). The summed E-state index contributed by atoms with van der Waals surface area (Å²) in [4.78, 5) is 53.3. The lowest BCUT2D eigenvalue weighted by atomic mass is 10.2. The number of rotatable bonds is 6. The van der Waals surface area contributed by atoms with Gasteiger partial charge >= 0.3 is 22.8 Å². The normalized spacial score (nSPS) is 15.8. The van der Waals surface area contributed by atoms with Crippen molar-refractivity contribution in [1.82, 2.24) is 0 Å². The van der Waals surface area contributed by atoms with Gasteiger partial charge in [0.2, 0.25) is 0 Å². The monoisotopic (exact) mass is 324 g/mol. The van der Waals surface area contributed by atoms with Crippen LogP contribution >= 0.6 is 22.8 Å². The molecule has 0 saturated heterocycles. The summed E-state index contributed by atoms with van der Waals surface area (Å²) in [5.74, 6) is 0. The van der Waals surface area contributed by atoms with Gasteiger partial charge in [0, 0.05) is 0 Å². The maximum absolute atomic E-state index is 11.1. The molecule has 18 heavy (non-hydrogen) atoms. The molecule has 6 N–H and O–H groups in total. The summed E-state index contributed by atoms with van der Waals surface area (Å²) in [6.07, 6.45) is -1.05. The predicted octanol–water partition coefficient (Wildman–Crippen LogP) is 0.180. The number of allylic oxidation sites excluding steroid dienone is 1. The first-order valence-electron chi connectivity index (χ1n) is 4.48. The van der Waals surface area contributed by atoms with Gasteiger partial charge in [-0.15, -0.1) is 0 Å². The lowest BCUT2D eigenvalue weighted by Crippen LogP contribution is -2.20. The van der Waals surface area contributed by atoms with Crippen molar-refractivity contribution in [3.63, 3.8) is 0 Å². The second kappa shape index (κ2) is 5.67. The Bertz CT molecular complexity index is 431. The van der Waals surface area contributed by atoms with E-state index in [4.69, 9.17) is 29.4 Å². The maximum atomic E-state index is 11.1. The van der Waals surface area contributed by atoms with Crippen LogP contribution in [0.4, 0.5) is 0 Å². The van der Waals surface area contributed by atoms with Crippen molar-refractivity contribution in [3.8, 4) is 0 Å². The van der Waals surface area contributed by atoms with Crippen LogP contribution in [0.5, 0.6) is 0 Å². The van der Waals surface area contributed by atoms with Crippen molar-refractivity contribution in [2.24, 2.45) is 0 Å². The fourth-order valence-electron chi connectivity index (χ4n) is 1.30. The third kappa shape index (κ3) is 5.45. The van der Waals surface area contributed by atoms with E-state index in [0.717, 1.165) is 0 Å². The Balaban J connectivity index is 5.47. The van der Waals surface area contributed by atoms with Gasteiger partial charge in [0.25, 0.3) is 0 Å². The van der Waals surface area contributed by atoms with Crippen LogP contribution in [0.15, 0.2) is 12.2 Å². The number of hydrogen-bond donors (Lipinski definition) is 6. The van der Waals surface area contributed by atoms with Crippen LogP contribution in [-0.4, -0.2) is 40.4 Å². The summed E-state index contributed by atoms with van der Waals surface area (Å²) in [7, 11) is -15.2. The van der Waals surface area contributed by atoms with Gasteiger partial charge in [-0.2, -0.15) is 0 Å². The van der Waals surface area contributed by atoms with Gasteiger partial charge in [-0.25, -0.2) is 0 Å². The molecule has 9 nitrogen and oxygen atoms in total. The van der Waals surface area contributed by atoms with Crippen LogP contribution < -0.4 is 0 Å². The highest BCUT2D eigenvalue weighted by Gasteiger charge is 2.47. The standard InChI is InChI=1S/C6H15O9P3/c1-4(2)5(16(7,8)9)3-6(17(10,11)12)18(13,14)15/h5-6H,1,3H2,2H3,(H2,7,8,9)(H2,10,11,12)(H2,13,14,15). The predicted molar refractivity (Wildman–Crippen MR) is 63.1 cm³/mol. The summed E-state index contributed by atoms with van der Waals surface area (Å²) < 4.78 is 33.1. The van der Waals surface area contributed by atoms with Crippen molar-refractivity contribution in [2.75, 3.05) is 0 Å². The van der Waals surface area contributed by atoms with E-state index in [-0.39, 0.29) is 5.57 Å². The van der Waals surface area contributed by atoms with Gasteiger partial charge < -0.3 is 29.4 Å². The SMILES string of the molecule is C=C(C)C(CC(P(=O)(O)O)P(=O)(O)O)P(=O)(O)O. The van der Waals surface area contributed by atoms with Gasteiger partial charge in [0.15, 0.2) is 5.40 Å². The van der Waals surface area contributed by atoms with E-state index in [0.29, 0.717) is 0 Å². The van der Waals surface area contributed by atoms with E-state index >= 15 is 0 Å². The van der Waals surface area contributed by atoms with Crippen molar-refractivity contribution in [1.29, 1.82) is 0 Å². The molecule has 1 unspecified atom stereocenters. The molecule has 0 fully saturated rings. The Kier molecular flexibility index (Phi) is 5.73. The van der Waals surface area contributed by atoms with E-state index in [2.05, 4.69) is 6.58 Å². The third-order valence-electron chi connectivity index (χ3n) is 2.19. The van der Waals surface area contributed by atoms with Crippen LogP contribution in [-0.2, 0) is 13.7 Å². The van der Waals surface area contributed by atoms with Gasteiger partial charge in [0.05, 0.1) is 5.66 Å². The summed E-state index contributed by atoms with van der Waals surface area (Å²) >= 11 is 0. The van der Waals surface area contributed by atoms with Gasteiger partial charge in [0.1, 0.15) is 0 Å². The van der Waals surface area contributed by atoms with E-state index in [1.54, 1.807) is 0 Å². The lowest BCUT2D eigenvalue weighted by Gasteiger charge is -2.25. The Morgan fingerprint density at radius 1 is 0.944 bits per heavy atom. The molecular formula is C6H15O9P3. The Morgan fingerprint density at radius 3 is 1.44 bits per heavy atom. The zero-order chi connectivity index (χ0) is 14.9. The molecular weight excluding hydrogens is 309 g/mol. The van der Waals surface area contributed by atoms with Crippen molar-refractivity contribution in [2.45, 2.75) is 24.4 Å². The minimum Gasteiger partial charge on any atom is -0.324 e. The summed E-state index contributed by atoms with van der Waals surface area (Å²) in [5, 5.41) is -2.46. The second-order valence-electron chi connectivity index (χ2n) is 3.85. The highest BCUT2D eigenvalue weighted by atomic mass is 31.2. The highest BCUT2D eigenvalue weighted by Crippen LogP contribution is 2.64. The molecule has 0 aliphatic heterocycles. The first-order valence-corrected chi connectivity index (χ1v) is 9.53. The van der Waals surface area contributed by atoms with E-state index in [1.165, 1.54) is 6.92 Å². The topological polar surface area (TPSA) is 173 Å². The molecule has 0 spiro atoms. The van der Waals surface area contributed by atoms with Crippen LogP contribution in [0.25, 0.3) is 0 Å².